The molecule has 1 unspecified atom stereocenters. The van der Waals surface area contributed by atoms with Gasteiger partial charge in [0.25, 0.3) is 10.0 Å². The molecule has 0 amide bonds. The average Bonchev–Trinajstić information content (AvgIpc) is 2.88. The second-order valence-electron chi connectivity index (χ2n) is 4.09. The average molecular weight is 289 g/mol. The Labute approximate surface area is 110 Å². The van der Waals surface area contributed by atoms with E-state index in [1.165, 1.54) is 6.20 Å². The number of H-pyrrole nitrogens is 1. The van der Waals surface area contributed by atoms with Crippen LogP contribution in [0.4, 0.5) is 0 Å². The number of nitrogens with zero attached hydrogens (tertiary/aromatic N) is 2. The van der Waals surface area contributed by atoms with E-state index >= 15 is 0 Å². The molecule has 1 aliphatic rings. The first-order valence-electron chi connectivity index (χ1n) is 5.83. The Hall–Kier alpha value is -1.45. The van der Waals surface area contributed by atoms with E-state index in [0.29, 0.717) is 12.2 Å². The Bertz CT molecular complexity index is 567. The quantitative estimate of drug-likeness (QED) is 0.768. The summed E-state index contributed by atoms with van der Waals surface area (Å²) in [6.45, 7) is 1.88. The molecule has 9 heteroatoms. The molecule has 19 heavy (non-hydrogen) atoms. The normalized spacial score (nSPS) is 21.4. The number of rotatable bonds is 4. The molecule has 2 rings (SSSR count). The van der Waals surface area contributed by atoms with Gasteiger partial charge in [0.15, 0.2) is 5.03 Å². The minimum Gasteiger partial charge on any atom is -0.480 e. The van der Waals surface area contributed by atoms with Gasteiger partial charge in [-0.25, -0.2) is 13.4 Å². The third kappa shape index (κ3) is 2.62. The van der Waals surface area contributed by atoms with E-state index < -0.39 is 22.0 Å². The SMILES string of the molecule is CCc1ncc(S(=O)(=O)N2CCOCC2C(=O)O)[nH]1. The summed E-state index contributed by atoms with van der Waals surface area (Å²) in [5.41, 5.74) is 0. The molecule has 0 aromatic carbocycles. The molecule has 1 saturated heterocycles. The van der Waals surface area contributed by atoms with E-state index in [9.17, 15) is 13.2 Å². The molecule has 1 aromatic heterocycles. The van der Waals surface area contributed by atoms with Crippen molar-refractivity contribution in [1.82, 2.24) is 14.3 Å². The summed E-state index contributed by atoms with van der Waals surface area (Å²) in [5.74, 6) is -0.683. The van der Waals surface area contributed by atoms with Gasteiger partial charge in [0.2, 0.25) is 0 Å². The maximum absolute atomic E-state index is 12.4. The Morgan fingerprint density at radius 3 is 3.00 bits per heavy atom. The Kier molecular flexibility index (Phi) is 3.88. The number of imidazole rings is 1. The van der Waals surface area contributed by atoms with Crippen LogP contribution in [0.1, 0.15) is 12.7 Å². The topological polar surface area (TPSA) is 113 Å². The van der Waals surface area contributed by atoms with Gasteiger partial charge < -0.3 is 14.8 Å². The number of ether oxygens (including phenoxy) is 1. The smallest absolute Gasteiger partial charge is 0.324 e. The number of nitrogens with one attached hydrogen (secondary N) is 1. The highest BCUT2D eigenvalue weighted by molar-refractivity contribution is 7.89. The molecule has 1 aliphatic heterocycles. The maximum atomic E-state index is 12.4. The van der Waals surface area contributed by atoms with Crippen LogP contribution in [0.15, 0.2) is 11.2 Å². The number of morpholine rings is 1. The molecule has 2 heterocycles. The maximum Gasteiger partial charge on any atom is 0.324 e. The van der Waals surface area contributed by atoms with Gasteiger partial charge in [-0.1, -0.05) is 6.92 Å². The minimum absolute atomic E-state index is 0.0137. The molecule has 1 fully saturated rings. The van der Waals surface area contributed by atoms with Crippen LogP contribution in [0.3, 0.4) is 0 Å². The summed E-state index contributed by atoms with van der Waals surface area (Å²) in [6, 6.07) is -1.20. The molecular weight excluding hydrogens is 274 g/mol. The number of aliphatic carboxylic acids is 1. The monoisotopic (exact) mass is 289 g/mol. The minimum atomic E-state index is -3.89. The molecule has 1 aromatic rings. The fraction of sp³-hybridized carbons (Fsp3) is 0.600. The van der Waals surface area contributed by atoms with Crippen LogP contribution in [-0.4, -0.2) is 59.6 Å². The summed E-state index contributed by atoms with van der Waals surface area (Å²) in [7, 11) is -3.89. The molecule has 8 nitrogen and oxygen atoms in total. The lowest BCUT2D eigenvalue weighted by Crippen LogP contribution is -2.52. The van der Waals surface area contributed by atoms with Gasteiger partial charge in [0.1, 0.15) is 11.9 Å². The lowest BCUT2D eigenvalue weighted by Gasteiger charge is -2.31. The van der Waals surface area contributed by atoms with E-state index in [4.69, 9.17) is 9.84 Å². The Balaban J connectivity index is 2.34. The lowest BCUT2D eigenvalue weighted by atomic mass is 10.3. The summed E-state index contributed by atoms with van der Waals surface area (Å²) in [6.07, 6.45) is 1.78. The molecule has 0 saturated carbocycles. The molecule has 0 radical (unpaired) electrons. The van der Waals surface area contributed by atoms with Crippen LogP contribution < -0.4 is 0 Å². The molecule has 0 spiro atoms. The zero-order valence-corrected chi connectivity index (χ0v) is 11.2. The fourth-order valence-corrected chi connectivity index (χ4v) is 3.34. The number of carboxylic acid groups (broad SMARTS) is 1. The number of hydrogen-bond donors (Lipinski definition) is 2. The number of sulfonamides is 1. The highest BCUT2D eigenvalue weighted by Crippen LogP contribution is 2.19. The largest absolute Gasteiger partial charge is 0.480 e. The number of aryl methyl sites for hydroxylation is 1. The van der Waals surface area contributed by atoms with Crippen LogP contribution >= 0.6 is 0 Å². The third-order valence-corrected chi connectivity index (χ3v) is 4.71. The lowest BCUT2D eigenvalue weighted by molar-refractivity contribution is -0.146. The fourth-order valence-electron chi connectivity index (χ4n) is 1.85. The number of aromatic nitrogens is 2. The highest BCUT2D eigenvalue weighted by atomic mass is 32.2. The van der Waals surface area contributed by atoms with Crippen LogP contribution in [0.5, 0.6) is 0 Å². The second-order valence-corrected chi connectivity index (χ2v) is 5.95. The van der Waals surface area contributed by atoms with Gasteiger partial charge in [-0.3, -0.25) is 4.79 Å². The number of carboxylic acids is 1. The van der Waals surface area contributed by atoms with Gasteiger partial charge in [-0.2, -0.15) is 4.31 Å². The molecule has 1 atom stereocenters. The first kappa shape index (κ1) is 14.0. The zero-order chi connectivity index (χ0) is 14.0. The van der Waals surface area contributed by atoms with Gasteiger partial charge in [0.05, 0.1) is 19.4 Å². The van der Waals surface area contributed by atoms with Crippen LogP contribution in [-0.2, 0) is 26.0 Å². The van der Waals surface area contributed by atoms with E-state index in [0.717, 1.165) is 4.31 Å². The van der Waals surface area contributed by atoms with Crippen molar-refractivity contribution in [3.63, 3.8) is 0 Å². The zero-order valence-electron chi connectivity index (χ0n) is 10.4. The molecule has 106 valence electrons. The summed E-state index contributed by atoms with van der Waals surface area (Å²) in [5, 5.41) is 8.97. The summed E-state index contributed by atoms with van der Waals surface area (Å²) < 4.78 is 30.7. The molecular formula is C10H15N3O5S. The molecule has 0 bridgehead atoms. The molecule has 2 N–H and O–H groups in total. The van der Waals surface area contributed by atoms with E-state index in [1.54, 1.807) is 0 Å². The van der Waals surface area contributed by atoms with Crippen LogP contribution in [0.25, 0.3) is 0 Å². The predicted molar refractivity (Wildman–Crippen MR) is 64.1 cm³/mol. The van der Waals surface area contributed by atoms with E-state index in [1.807, 2.05) is 6.92 Å². The first-order chi connectivity index (χ1) is 8.96. The van der Waals surface area contributed by atoms with Crippen LogP contribution in [0.2, 0.25) is 0 Å². The summed E-state index contributed by atoms with van der Waals surface area (Å²) >= 11 is 0. The second kappa shape index (κ2) is 5.27. The Morgan fingerprint density at radius 2 is 2.42 bits per heavy atom. The third-order valence-electron chi connectivity index (χ3n) is 2.89. The van der Waals surface area contributed by atoms with Gasteiger partial charge >= 0.3 is 5.97 Å². The number of hydrogen-bond acceptors (Lipinski definition) is 5. The van der Waals surface area contributed by atoms with Crippen LogP contribution in [0, 0.1) is 0 Å². The highest BCUT2D eigenvalue weighted by Gasteiger charge is 2.39. The first-order valence-corrected chi connectivity index (χ1v) is 7.27. The van der Waals surface area contributed by atoms with Crippen molar-refractivity contribution >= 4 is 16.0 Å². The van der Waals surface area contributed by atoms with Gasteiger partial charge in [-0.15, -0.1) is 0 Å². The molecule has 0 aliphatic carbocycles. The van der Waals surface area contributed by atoms with Crippen molar-refractivity contribution in [2.75, 3.05) is 19.8 Å². The van der Waals surface area contributed by atoms with Crippen molar-refractivity contribution < 1.29 is 23.1 Å². The summed E-state index contributed by atoms with van der Waals surface area (Å²) in [4.78, 5) is 17.7. The van der Waals surface area contributed by atoms with Gasteiger partial charge in [-0.05, 0) is 0 Å². The van der Waals surface area contributed by atoms with Crippen molar-refractivity contribution in [2.45, 2.75) is 24.4 Å². The van der Waals surface area contributed by atoms with Crippen molar-refractivity contribution in [3.05, 3.63) is 12.0 Å². The van der Waals surface area contributed by atoms with Gasteiger partial charge in [0, 0.05) is 13.0 Å². The van der Waals surface area contributed by atoms with E-state index in [2.05, 4.69) is 9.97 Å². The van der Waals surface area contributed by atoms with Crippen molar-refractivity contribution in [1.29, 1.82) is 0 Å². The number of aromatic amines is 1. The number of carbonyl (C=O) groups is 1. The predicted octanol–water partition coefficient (Wildman–Crippen LogP) is -0.554. The Morgan fingerprint density at radius 1 is 1.68 bits per heavy atom. The standard InChI is InChI=1S/C10H15N3O5S/c1-2-8-11-5-9(12-8)19(16,17)13-3-4-18-6-7(13)10(14)15/h5,7H,2-4,6H2,1H3,(H,11,12)(H,14,15). The van der Waals surface area contributed by atoms with E-state index in [-0.39, 0.29) is 24.8 Å². The van der Waals surface area contributed by atoms with Crippen molar-refractivity contribution in [3.8, 4) is 0 Å². The van der Waals surface area contributed by atoms with Crippen molar-refractivity contribution in [2.24, 2.45) is 0 Å².